The van der Waals surface area contributed by atoms with Crippen molar-refractivity contribution in [2.75, 3.05) is 46.4 Å². The van der Waals surface area contributed by atoms with Crippen molar-refractivity contribution in [1.29, 1.82) is 0 Å². The molecule has 0 bridgehead atoms. The molecule has 0 aromatic heterocycles. The molecular weight excluding hydrogens is 352 g/mol. The summed E-state index contributed by atoms with van der Waals surface area (Å²) in [4.78, 5) is 16.3. The van der Waals surface area contributed by atoms with E-state index < -0.39 is 5.97 Å². The Kier molecular flexibility index (Phi) is 6.70. The normalized spacial score (nSPS) is 15.5. The number of rotatable bonds is 7. The van der Waals surface area contributed by atoms with Crippen molar-refractivity contribution in [3.8, 4) is 5.75 Å². The Morgan fingerprint density at radius 2 is 1.79 bits per heavy atom. The number of likely N-dealkylation sites (N-methyl/N-ethyl adjacent to an activating group) is 1. The molecule has 0 aliphatic carbocycles. The van der Waals surface area contributed by atoms with E-state index in [1.54, 1.807) is 12.1 Å². The van der Waals surface area contributed by atoms with E-state index in [-0.39, 0.29) is 0 Å². The molecule has 1 aliphatic rings. The molecule has 2 aromatic carbocycles. The Hall–Kier alpha value is -2.37. The summed E-state index contributed by atoms with van der Waals surface area (Å²) in [7, 11) is 2.16. The standard InChI is InChI=1S/C23H30N2O3/c1-17-14-18(2)22(28-13-12-25-10-8-24(3)9-11-25)20(15-17)16-19-6-4-5-7-21(19)23(26)27/h4-7,14-15H,8-13,16H2,1-3H3,(H,26,27). The third kappa shape index (κ3) is 5.12. The SMILES string of the molecule is Cc1cc(C)c(OCCN2CCN(C)CC2)c(Cc2ccccc2C(=O)O)c1. The molecule has 0 radical (unpaired) electrons. The fourth-order valence-electron chi connectivity index (χ4n) is 3.82. The third-order valence-corrected chi connectivity index (χ3v) is 5.37. The highest BCUT2D eigenvalue weighted by Crippen LogP contribution is 2.28. The summed E-state index contributed by atoms with van der Waals surface area (Å²) in [6.07, 6.45) is 0.550. The zero-order chi connectivity index (χ0) is 20.1. The number of piperazine rings is 1. The number of nitrogens with zero attached hydrogens (tertiary/aromatic N) is 2. The van der Waals surface area contributed by atoms with Crippen molar-refractivity contribution in [3.05, 3.63) is 64.2 Å². The minimum absolute atomic E-state index is 0.352. The van der Waals surface area contributed by atoms with Gasteiger partial charge in [0.15, 0.2) is 0 Å². The van der Waals surface area contributed by atoms with Crippen LogP contribution >= 0.6 is 0 Å². The summed E-state index contributed by atoms with van der Waals surface area (Å²) in [5.74, 6) is -0.00238. The smallest absolute Gasteiger partial charge is 0.335 e. The molecule has 1 saturated heterocycles. The lowest BCUT2D eigenvalue weighted by Gasteiger charge is -2.32. The molecule has 1 heterocycles. The predicted octanol–water partition coefficient (Wildman–Crippen LogP) is 3.22. The predicted molar refractivity (Wildman–Crippen MR) is 112 cm³/mol. The molecule has 0 atom stereocenters. The lowest BCUT2D eigenvalue weighted by Crippen LogP contribution is -2.45. The molecule has 1 N–H and O–H groups in total. The first-order chi connectivity index (χ1) is 13.4. The van der Waals surface area contributed by atoms with Gasteiger partial charge in [-0.1, -0.05) is 35.9 Å². The second kappa shape index (κ2) is 9.22. The molecule has 5 nitrogen and oxygen atoms in total. The van der Waals surface area contributed by atoms with Crippen LogP contribution in [0.4, 0.5) is 0 Å². The van der Waals surface area contributed by atoms with Gasteiger partial charge in [0.25, 0.3) is 0 Å². The average molecular weight is 383 g/mol. The average Bonchev–Trinajstić information content (AvgIpc) is 2.65. The molecular formula is C23H30N2O3. The lowest BCUT2D eigenvalue weighted by molar-refractivity contribution is 0.0696. The summed E-state index contributed by atoms with van der Waals surface area (Å²) >= 11 is 0. The summed E-state index contributed by atoms with van der Waals surface area (Å²) < 4.78 is 6.22. The van der Waals surface area contributed by atoms with Gasteiger partial charge in [-0.3, -0.25) is 4.90 Å². The van der Waals surface area contributed by atoms with Crippen LogP contribution in [0.2, 0.25) is 0 Å². The maximum absolute atomic E-state index is 11.6. The van der Waals surface area contributed by atoms with E-state index in [4.69, 9.17) is 4.74 Å². The maximum Gasteiger partial charge on any atom is 0.335 e. The molecule has 3 rings (SSSR count). The van der Waals surface area contributed by atoms with E-state index in [2.05, 4.69) is 42.8 Å². The van der Waals surface area contributed by atoms with Crippen LogP contribution in [0.1, 0.15) is 32.6 Å². The quantitative estimate of drug-likeness (QED) is 0.797. The van der Waals surface area contributed by atoms with Gasteiger partial charge >= 0.3 is 5.97 Å². The van der Waals surface area contributed by atoms with Gasteiger partial charge < -0.3 is 14.7 Å². The van der Waals surface area contributed by atoms with Crippen LogP contribution in [0.5, 0.6) is 5.75 Å². The van der Waals surface area contributed by atoms with Gasteiger partial charge in [0.1, 0.15) is 12.4 Å². The van der Waals surface area contributed by atoms with Crippen LogP contribution in [0, 0.1) is 13.8 Å². The summed E-state index contributed by atoms with van der Waals surface area (Å²) in [6, 6.07) is 11.4. The lowest BCUT2D eigenvalue weighted by atomic mass is 9.96. The topological polar surface area (TPSA) is 53.0 Å². The Labute approximate surface area is 167 Å². The molecule has 5 heteroatoms. The van der Waals surface area contributed by atoms with Crippen LogP contribution in [0.15, 0.2) is 36.4 Å². The van der Waals surface area contributed by atoms with Crippen LogP contribution in [0.25, 0.3) is 0 Å². The van der Waals surface area contributed by atoms with Crippen LogP contribution in [-0.4, -0.2) is 67.3 Å². The second-order valence-corrected chi connectivity index (χ2v) is 7.70. The van der Waals surface area contributed by atoms with Gasteiger partial charge in [-0.15, -0.1) is 0 Å². The van der Waals surface area contributed by atoms with Crippen molar-refractivity contribution in [2.24, 2.45) is 0 Å². The fourth-order valence-corrected chi connectivity index (χ4v) is 3.82. The Morgan fingerprint density at radius 1 is 1.07 bits per heavy atom. The molecule has 0 saturated carbocycles. The van der Waals surface area contributed by atoms with Gasteiger partial charge in [0.2, 0.25) is 0 Å². The monoisotopic (exact) mass is 382 g/mol. The number of hydrogen-bond donors (Lipinski definition) is 1. The Morgan fingerprint density at radius 3 is 2.50 bits per heavy atom. The molecule has 2 aromatic rings. The Balaban J connectivity index is 1.74. The molecule has 0 amide bonds. The zero-order valence-corrected chi connectivity index (χ0v) is 17.1. The zero-order valence-electron chi connectivity index (χ0n) is 17.1. The summed E-state index contributed by atoms with van der Waals surface area (Å²) in [5, 5.41) is 9.49. The first kappa shape index (κ1) is 20.4. The number of ether oxygens (including phenoxy) is 1. The molecule has 0 unspecified atom stereocenters. The maximum atomic E-state index is 11.6. The van der Waals surface area contributed by atoms with Crippen LogP contribution in [0.3, 0.4) is 0 Å². The molecule has 1 aliphatic heterocycles. The molecule has 28 heavy (non-hydrogen) atoms. The van der Waals surface area contributed by atoms with E-state index in [1.165, 1.54) is 0 Å². The molecule has 150 valence electrons. The minimum Gasteiger partial charge on any atom is -0.492 e. The van der Waals surface area contributed by atoms with Crippen molar-refractivity contribution in [1.82, 2.24) is 9.80 Å². The van der Waals surface area contributed by atoms with E-state index >= 15 is 0 Å². The first-order valence-corrected chi connectivity index (χ1v) is 9.89. The number of carboxylic acids is 1. The highest BCUT2D eigenvalue weighted by atomic mass is 16.5. The van der Waals surface area contributed by atoms with Gasteiger partial charge in [0.05, 0.1) is 5.56 Å². The number of aromatic carboxylic acids is 1. The highest BCUT2D eigenvalue weighted by molar-refractivity contribution is 5.89. The van der Waals surface area contributed by atoms with Crippen LogP contribution in [-0.2, 0) is 6.42 Å². The van der Waals surface area contributed by atoms with Crippen molar-refractivity contribution in [2.45, 2.75) is 20.3 Å². The highest BCUT2D eigenvalue weighted by Gasteiger charge is 2.16. The Bertz CT molecular complexity index is 827. The van der Waals surface area contributed by atoms with E-state index in [1.807, 2.05) is 12.1 Å². The van der Waals surface area contributed by atoms with Crippen molar-refractivity contribution >= 4 is 5.97 Å². The number of benzene rings is 2. The third-order valence-electron chi connectivity index (χ3n) is 5.37. The van der Waals surface area contributed by atoms with Gasteiger partial charge in [-0.05, 0) is 43.7 Å². The number of aryl methyl sites for hydroxylation is 2. The largest absolute Gasteiger partial charge is 0.492 e. The van der Waals surface area contributed by atoms with Crippen LogP contribution < -0.4 is 4.74 Å². The van der Waals surface area contributed by atoms with Crippen molar-refractivity contribution < 1.29 is 14.6 Å². The molecule has 1 fully saturated rings. The van der Waals surface area contributed by atoms with E-state index in [0.717, 1.165) is 60.7 Å². The van der Waals surface area contributed by atoms with E-state index in [9.17, 15) is 9.90 Å². The molecule has 0 spiro atoms. The first-order valence-electron chi connectivity index (χ1n) is 9.89. The van der Waals surface area contributed by atoms with Gasteiger partial charge in [0, 0.05) is 39.1 Å². The summed E-state index contributed by atoms with van der Waals surface area (Å²) in [6.45, 7) is 10.0. The fraction of sp³-hybridized carbons (Fsp3) is 0.435. The van der Waals surface area contributed by atoms with Gasteiger partial charge in [-0.2, -0.15) is 0 Å². The number of hydrogen-bond acceptors (Lipinski definition) is 4. The van der Waals surface area contributed by atoms with Crippen molar-refractivity contribution in [3.63, 3.8) is 0 Å². The number of carbonyl (C=O) groups is 1. The van der Waals surface area contributed by atoms with E-state index in [0.29, 0.717) is 18.6 Å². The second-order valence-electron chi connectivity index (χ2n) is 7.70. The van der Waals surface area contributed by atoms with Gasteiger partial charge in [-0.25, -0.2) is 4.79 Å². The minimum atomic E-state index is -0.891. The summed E-state index contributed by atoms with van der Waals surface area (Å²) in [5.41, 5.74) is 4.46. The number of carboxylic acid groups (broad SMARTS) is 1.